The first-order valence-corrected chi connectivity index (χ1v) is 9.94. The van der Waals surface area contributed by atoms with E-state index in [0.29, 0.717) is 22.7 Å². The van der Waals surface area contributed by atoms with Crippen LogP contribution in [-0.2, 0) is 11.3 Å². The first-order valence-electron chi connectivity index (χ1n) is 8.18. The summed E-state index contributed by atoms with van der Waals surface area (Å²) >= 11 is 2.72. The number of anilines is 1. The van der Waals surface area contributed by atoms with E-state index in [0.717, 1.165) is 11.3 Å². The number of ether oxygens (including phenoxy) is 1. The standard InChI is InChI=1S/C18H19N5O2S2/c1-4-9-23-15(13-6-5-7-14(11-13)25-3)21-22-18(23)27-12(2)16(24)20-17-19-8-10-26-17/h4-8,10-12H,1,9H2,2-3H3,(H,19,20,24)/t12-/m1/s1. The third-order valence-corrected chi connectivity index (χ3v) is 5.44. The van der Waals surface area contributed by atoms with E-state index in [-0.39, 0.29) is 11.2 Å². The molecule has 1 amide bonds. The summed E-state index contributed by atoms with van der Waals surface area (Å²) in [6.45, 7) is 6.17. The number of nitrogens with zero attached hydrogens (tertiary/aromatic N) is 4. The van der Waals surface area contributed by atoms with Crippen molar-refractivity contribution in [3.05, 3.63) is 48.5 Å². The van der Waals surface area contributed by atoms with Crippen LogP contribution in [0.2, 0.25) is 0 Å². The number of carbonyl (C=O) groups is 1. The highest BCUT2D eigenvalue weighted by molar-refractivity contribution is 8.00. The van der Waals surface area contributed by atoms with Crippen LogP contribution in [0.3, 0.4) is 0 Å². The molecule has 1 N–H and O–H groups in total. The molecule has 0 saturated heterocycles. The Labute approximate surface area is 165 Å². The third kappa shape index (κ3) is 4.55. The molecule has 3 aromatic rings. The van der Waals surface area contributed by atoms with Crippen molar-refractivity contribution in [2.24, 2.45) is 0 Å². The molecule has 3 rings (SSSR count). The summed E-state index contributed by atoms with van der Waals surface area (Å²) in [6.07, 6.45) is 3.43. The summed E-state index contributed by atoms with van der Waals surface area (Å²) in [5.41, 5.74) is 0.885. The number of hydrogen-bond donors (Lipinski definition) is 1. The van der Waals surface area contributed by atoms with Gasteiger partial charge in [-0.2, -0.15) is 0 Å². The van der Waals surface area contributed by atoms with Gasteiger partial charge in [-0.05, 0) is 19.1 Å². The second-order valence-electron chi connectivity index (χ2n) is 5.52. The number of thiazole rings is 1. The Hall–Kier alpha value is -2.65. The molecule has 0 saturated carbocycles. The average molecular weight is 402 g/mol. The monoisotopic (exact) mass is 401 g/mol. The number of hydrogen-bond acceptors (Lipinski definition) is 7. The molecule has 2 aromatic heterocycles. The van der Waals surface area contributed by atoms with E-state index in [4.69, 9.17) is 4.74 Å². The fourth-order valence-corrected chi connectivity index (χ4v) is 3.74. The van der Waals surface area contributed by atoms with Crippen molar-refractivity contribution in [1.29, 1.82) is 0 Å². The van der Waals surface area contributed by atoms with Gasteiger partial charge >= 0.3 is 0 Å². The minimum Gasteiger partial charge on any atom is -0.497 e. The van der Waals surface area contributed by atoms with Crippen molar-refractivity contribution in [2.45, 2.75) is 23.9 Å². The first-order chi connectivity index (χ1) is 13.1. The van der Waals surface area contributed by atoms with Crippen LogP contribution in [0.1, 0.15) is 6.92 Å². The number of thioether (sulfide) groups is 1. The maximum Gasteiger partial charge on any atom is 0.239 e. The van der Waals surface area contributed by atoms with Crippen LogP contribution < -0.4 is 10.1 Å². The quantitative estimate of drug-likeness (QED) is 0.458. The van der Waals surface area contributed by atoms with Crippen LogP contribution in [0, 0.1) is 0 Å². The fourth-order valence-electron chi connectivity index (χ4n) is 2.35. The molecule has 0 aliphatic heterocycles. The zero-order valence-electron chi connectivity index (χ0n) is 15.0. The fraction of sp³-hybridized carbons (Fsp3) is 0.222. The van der Waals surface area contributed by atoms with Crippen LogP contribution >= 0.6 is 23.1 Å². The maximum atomic E-state index is 12.4. The van der Waals surface area contributed by atoms with Gasteiger partial charge in [0.05, 0.1) is 12.4 Å². The Bertz CT molecular complexity index is 924. The molecule has 0 spiro atoms. The van der Waals surface area contributed by atoms with Crippen molar-refractivity contribution in [3.8, 4) is 17.1 Å². The Balaban J connectivity index is 1.82. The summed E-state index contributed by atoms with van der Waals surface area (Å²) in [7, 11) is 1.62. The van der Waals surface area contributed by atoms with Crippen LogP contribution in [0.25, 0.3) is 11.4 Å². The Morgan fingerprint density at radius 2 is 2.33 bits per heavy atom. The zero-order chi connectivity index (χ0) is 19.2. The molecular weight excluding hydrogens is 382 g/mol. The molecule has 27 heavy (non-hydrogen) atoms. The molecule has 0 aliphatic carbocycles. The van der Waals surface area contributed by atoms with Gasteiger partial charge in [-0.1, -0.05) is 30.0 Å². The molecule has 0 unspecified atom stereocenters. The number of carbonyl (C=O) groups excluding carboxylic acids is 1. The largest absolute Gasteiger partial charge is 0.497 e. The van der Waals surface area contributed by atoms with Crippen molar-refractivity contribution < 1.29 is 9.53 Å². The second-order valence-corrected chi connectivity index (χ2v) is 7.73. The Kier molecular flexibility index (Phi) is 6.25. The molecule has 0 bridgehead atoms. The number of nitrogens with one attached hydrogen (secondary N) is 1. The third-order valence-electron chi connectivity index (χ3n) is 3.67. The molecule has 1 aromatic carbocycles. The zero-order valence-corrected chi connectivity index (χ0v) is 16.6. The van der Waals surface area contributed by atoms with Crippen LogP contribution in [-0.4, -0.2) is 38.0 Å². The van der Waals surface area contributed by atoms with E-state index < -0.39 is 0 Å². The van der Waals surface area contributed by atoms with E-state index >= 15 is 0 Å². The van der Waals surface area contributed by atoms with E-state index in [9.17, 15) is 4.79 Å². The summed E-state index contributed by atoms with van der Waals surface area (Å²) in [4.78, 5) is 16.5. The SMILES string of the molecule is C=CCn1c(S[C@H](C)C(=O)Nc2nccs2)nnc1-c1cccc(OC)c1. The lowest BCUT2D eigenvalue weighted by molar-refractivity contribution is -0.115. The van der Waals surface area contributed by atoms with Crippen LogP contribution in [0.5, 0.6) is 5.75 Å². The molecule has 7 nitrogen and oxygen atoms in total. The molecule has 0 radical (unpaired) electrons. The highest BCUT2D eigenvalue weighted by Gasteiger charge is 2.21. The summed E-state index contributed by atoms with van der Waals surface area (Å²) in [5, 5.41) is 14.1. The van der Waals surface area contributed by atoms with Gasteiger partial charge in [0.2, 0.25) is 5.91 Å². The van der Waals surface area contributed by atoms with Crippen molar-refractivity contribution in [3.63, 3.8) is 0 Å². The summed E-state index contributed by atoms with van der Waals surface area (Å²) in [5.74, 6) is 1.31. The Morgan fingerprint density at radius 1 is 1.48 bits per heavy atom. The lowest BCUT2D eigenvalue weighted by Gasteiger charge is -2.12. The maximum absolute atomic E-state index is 12.4. The van der Waals surface area contributed by atoms with Gasteiger partial charge in [-0.25, -0.2) is 4.98 Å². The molecule has 0 aliphatic rings. The van der Waals surface area contributed by atoms with Gasteiger partial charge in [0, 0.05) is 23.7 Å². The highest BCUT2D eigenvalue weighted by Crippen LogP contribution is 2.29. The van der Waals surface area contributed by atoms with Gasteiger partial charge in [0.1, 0.15) is 5.75 Å². The smallest absolute Gasteiger partial charge is 0.239 e. The van der Waals surface area contributed by atoms with Gasteiger partial charge in [0.25, 0.3) is 0 Å². The summed E-state index contributed by atoms with van der Waals surface area (Å²) in [6, 6.07) is 7.62. The van der Waals surface area contributed by atoms with E-state index in [1.807, 2.05) is 41.1 Å². The van der Waals surface area contributed by atoms with Gasteiger partial charge in [-0.15, -0.1) is 28.1 Å². The second kappa shape index (κ2) is 8.83. The normalized spacial score (nSPS) is 11.8. The first kappa shape index (κ1) is 19.1. The van der Waals surface area contributed by atoms with Crippen LogP contribution in [0.15, 0.2) is 53.7 Å². The predicted molar refractivity (Wildman–Crippen MR) is 108 cm³/mol. The molecule has 9 heteroatoms. The topological polar surface area (TPSA) is 81.9 Å². The van der Waals surface area contributed by atoms with Gasteiger partial charge < -0.3 is 10.1 Å². The van der Waals surface area contributed by atoms with Crippen molar-refractivity contribution >= 4 is 34.1 Å². The number of benzene rings is 1. The van der Waals surface area contributed by atoms with Gasteiger partial charge in [0.15, 0.2) is 16.1 Å². The number of rotatable bonds is 8. The lowest BCUT2D eigenvalue weighted by Crippen LogP contribution is -2.22. The van der Waals surface area contributed by atoms with Crippen molar-refractivity contribution in [2.75, 3.05) is 12.4 Å². The van der Waals surface area contributed by atoms with Gasteiger partial charge in [-0.3, -0.25) is 9.36 Å². The molecule has 140 valence electrons. The van der Waals surface area contributed by atoms with Crippen molar-refractivity contribution in [1.82, 2.24) is 19.7 Å². The lowest BCUT2D eigenvalue weighted by atomic mass is 10.2. The van der Waals surface area contributed by atoms with E-state index in [2.05, 4.69) is 27.1 Å². The molecule has 0 fully saturated rings. The van der Waals surface area contributed by atoms with E-state index in [1.54, 1.807) is 19.4 Å². The predicted octanol–water partition coefficient (Wildman–Crippen LogP) is 3.72. The minimum atomic E-state index is -0.361. The summed E-state index contributed by atoms with van der Waals surface area (Å²) < 4.78 is 7.22. The molecule has 2 heterocycles. The Morgan fingerprint density at radius 3 is 3.04 bits per heavy atom. The number of methoxy groups -OCH3 is 1. The number of amides is 1. The molecular formula is C18H19N5O2S2. The minimum absolute atomic E-state index is 0.133. The molecule has 1 atom stereocenters. The number of allylic oxidation sites excluding steroid dienone is 1. The number of aromatic nitrogens is 4. The highest BCUT2D eigenvalue weighted by atomic mass is 32.2. The average Bonchev–Trinajstić information content (AvgIpc) is 3.32. The van der Waals surface area contributed by atoms with Crippen LogP contribution in [0.4, 0.5) is 5.13 Å². The van der Waals surface area contributed by atoms with E-state index in [1.165, 1.54) is 23.1 Å².